The van der Waals surface area contributed by atoms with Crippen LogP contribution in [-0.2, 0) is 6.54 Å². The van der Waals surface area contributed by atoms with Crippen molar-refractivity contribution in [3.63, 3.8) is 0 Å². The van der Waals surface area contributed by atoms with Gasteiger partial charge in [-0.05, 0) is 13.1 Å². The van der Waals surface area contributed by atoms with E-state index in [1.54, 1.807) is 12.1 Å². The van der Waals surface area contributed by atoms with E-state index in [-0.39, 0.29) is 5.82 Å². The van der Waals surface area contributed by atoms with Crippen LogP contribution in [0.3, 0.4) is 0 Å². The highest BCUT2D eigenvalue weighted by molar-refractivity contribution is 7.80. The molecule has 1 aromatic rings. The molecule has 0 heterocycles. The van der Waals surface area contributed by atoms with Crippen molar-refractivity contribution in [1.29, 1.82) is 0 Å². The zero-order valence-electron chi connectivity index (χ0n) is 8.03. The number of likely N-dealkylation sites (N-methyl/N-ethyl adjacent to an activating group) is 1. The van der Waals surface area contributed by atoms with Gasteiger partial charge in [0.1, 0.15) is 5.82 Å². The van der Waals surface area contributed by atoms with E-state index in [9.17, 15) is 4.39 Å². The van der Waals surface area contributed by atoms with E-state index in [1.165, 1.54) is 6.07 Å². The topological polar surface area (TPSA) is 29.3 Å². The molecule has 0 saturated heterocycles. The van der Waals surface area contributed by atoms with Crippen molar-refractivity contribution in [2.45, 2.75) is 6.54 Å². The number of halogens is 1. The molecule has 0 fully saturated rings. The van der Waals surface area contributed by atoms with Gasteiger partial charge in [0.25, 0.3) is 0 Å². The van der Waals surface area contributed by atoms with Crippen molar-refractivity contribution in [3.8, 4) is 0 Å². The van der Waals surface area contributed by atoms with E-state index in [0.29, 0.717) is 23.6 Å². The van der Waals surface area contributed by atoms with Gasteiger partial charge < -0.3 is 5.73 Å². The van der Waals surface area contributed by atoms with E-state index in [4.69, 9.17) is 18.0 Å². The van der Waals surface area contributed by atoms with Gasteiger partial charge >= 0.3 is 0 Å². The summed E-state index contributed by atoms with van der Waals surface area (Å²) in [5, 5.41) is 0. The van der Waals surface area contributed by atoms with Gasteiger partial charge in [-0.1, -0.05) is 30.4 Å². The normalized spacial score (nSPS) is 10.5. The molecule has 0 bridgehead atoms. The fourth-order valence-electron chi connectivity index (χ4n) is 1.24. The van der Waals surface area contributed by atoms with Crippen molar-refractivity contribution >= 4 is 17.2 Å². The molecule has 0 saturated carbocycles. The summed E-state index contributed by atoms with van der Waals surface area (Å²) in [5.74, 6) is -0.192. The molecule has 76 valence electrons. The Morgan fingerprint density at radius 3 is 2.71 bits per heavy atom. The number of nitrogens with zero attached hydrogens (tertiary/aromatic N) is 1. The van der Waals surface area contributed by atoms with Crippen LogP contribution in [0.2, 0.25) is 0 Å². The predicted molar refractivity (Wildman–Crippen MR) is 59.5 cm³/mol. The van der Waals surface area contributed by atoms with Crippen LogP contribution in [0.4, 0.5) is 4.39 Å². The molecule has 1 aromatic carbocycles. The number of nitrogens with two attached hydrogens (primary N) is 1. The molecule has 14 heavy (non-hydrogen) atoms. The zero-order valence-corrected chi connectivity index (χ0v) is 8.85. The van der Waals surface area contributed by atoms with Gasteiger partial charge in [0.05, 0.1) is 4.99 Å². The van der Waals surface area contributed by atoms with Gasteiger partial charge in [0.15, 0.2) is 0 Å². The Morgan fingerprint density at radius 1 is 1.50 bits per heavy atom. The third-order valence-electron chi connectivity index (χ3n) is 1.82. The lowest BCUT2D eigenvalue weighted by molar-refractivity contribution is 0.366. The van der Waals surface area contributed by atoms with Gasteiger partial charge in [-0.2, -0.15) is 0 Å². The summed E-state index contributed by atoms with van der Waals surface area (Å²) >= 11 is 4.76. The second-order valence-corrected chi connectivity index (χ2v) is 3.75. The minimum absolute atomic E-state index is 0.192. The third kappa shape index (κ3) is 3.40. The van der Waals surface area contributed by atoms with Crippen molar-refractivity contribution in [1.82, 2.24) is 4.90 Å². The molecule has 0 aliphatic heterocycles. The van der Waals surface area contributed by atoms with Crippen LogP contribution in [0, 0.1) is 5.82 Å². The maximum absolute atomic E-state index is 13.2. The number of rotatable bonds is 4. The lowest BCUT2D eigenvalue weighted by atomic mass is 10.2. The molecule has 0 aromatic heterocycles. The Kier molecular flexibility index (Phi) is 3.98. The highest BCUT2D eigenvalue weighted by atomic mass is 32.1. The minimum atomic E-state index is -0.192. The number of hydrogen-bond acceptors (Lipinski definition) is 2. The Labute approximate surface area is 88.5 Å². The summed E-state index contributed by atoms with van der Waals surface area (Å²) in [6.45, 7) is 1.02. The Hall–Kier alpha value is -1.00. The third-order valence-corrected chi connectivity index (χ3v) is 1.95. The monoisotopic (exact) mass is 212 g/mol. The summed E-state index contributed by atoms with van der Waals surface area (Å²) in [6, 6.07) is 6.69. The molecule has 0 aliphatic rings. The molecule has 4 heteroatoms. The SMILES string of the molecule is CN(CC(N)=S)Cc1ccccc1F. The van der Waals surface area contributed by atoms with Crippen molar-refractivity contribution in [3.05, 3.63) is 35.6 Å². The summed E-state index contributed by atoms with van der Waals surface area (Å²) in [7, 11) is 1.85. The fraction of sp³-hybridized carbons (Fsp3) is 0.300. The molecule has 1 rings (SSSR count). The van der Waals surface area contributed by atoms with Crippen LogP contribution in [0.5, 0.6) is 0 Å². The van der Waals surface area contributed by atoms with Gasteiger partial charge in [-0.3, -0.25) is 4.90 Å². The predicted octanol–water partition coefficient (Wildman–Crippen LogP) is 1.54. The van der Waals surface area contributed by atoms with Crippen LogP contribution < -0.4 is 5.73 Å². The molecular formula is C10H13FN2S. The first-order chi connectivity index (χ1) is 6.59. The van der Waals surface area contributed by atoms with E-state index in [1.807, 2.05) is 18.0 Å². The molecule has 0 unspecified atom stereocenters. The van der Waals surface area contributed by atoms with Crippen molar-refractivity contribution in [2.24, 2.45) is 5.73 Å². The van der Waals surface area contributed by atoms with E-state index in [0.717, 1.165) is 0 Å². The maximum atomic E-state index is 13.2. The fourth-order valence-corrected chi connectivity index (χ4v) is 1.46. The van der Waals surface area contributed by atoms with Crippen LogP contribution in [-0.4, -0.2) is 23.5 Å². The van der Waals surface area contributed by atoms with Gasteiger partial charge in [0, 0.05) is 18.7 Å². The van der Waals surface area contributed by atoms with Crippen molar-refractivity contribution in [2.75, 3.05) is 13.6 Å². The first-order valence-corrected chi connectivity index (χ1v) is 4.70. The Morgan fingerprint density at radius 2 is 2.14 bits per heavy atom. The minimum Gasteiger partial charge on any atom is -0.392 e. The lowest BCUT2D eigenvalue weighted by Crippen LogP contribution is -2.29. The first-order valence-electron chi connectivity index (χ1n) is 4.30. The second kappa shape index (κ2) is 5.02. The molecule has 2 N–H and O–H groups in total. The quantitative estimate of drug-likeness (QED) is 0.768. The molecular weight excluding hydrogens is 199 g/mol. The molecule has 0 aliphatic carbocycles. The van der Waals surface area contributed by atoms with Crippen LogP contribution >= 0.6 is 12.2 Å². The van der Waals surface area contributed by atoms with Crippen molar-refractivity contribution < 1.29 is 4.39 Å². The first kappa shape index (κ1) is 11.1. The van der Waals surface area contributed by atoms with E-state index >= 15 is 0 Å². The highest BCUT2D eigenvalue weighted by Gasteiger charge is 2.05. The molecule has 0 radical (unpaired) electrons. The van der Waals surface area contributed by atoms with Gasteiger partial charge in [-0.15, -0.1) is 0 Å². The average molecular weight is 212 g/mol. The number of benzene rings is 1. The van der Waals surface area contributed by atoms with E-state index < -0.39 is 0 Å². The van der Waals surface area contributed by atoms with Gasteiger partial charge in [0.2, 0.25) is 0 Å². The maximum Gasteiger partial charge on any atom is 0.127 e. The summed E-state index contributed by atoms with van der Waals surface area (Å²) < 4.78 is 13.2. The summed E-state index contributed by atoms with van der Waals surface area (Å²) in [6.07, 6.45) is 0. The Balaban J connectivity index is 2.60. The second-order valence-electron chi connectivity index (χ2n) is 3.23. The summed E-state index contributed by atoms with van der Waals surface area (Å²) in [5.41, 5.74) is 6.04. The standard InChI is InChI=1S/C10H13FN2S/c1-13(7-10(12)14)6-8-4-2-3-5-9(8)11/h2-5H,6-7H2,1H3,(H2,12,14). The molecule has 2 nitrogen and oxygen atoms in total. The van der Waals surface area contributed by atoms with Gasteiger partial charge in [-0.25, -0.2) is 4.39 Å². The van der Waals surface area contributed by atoms with Crippen LogP contribution in [0.1, 0.15) is 5.56 Å². The summed E-state index contributed by atoms with van der Waals surface area (Å²) in [4.78, 5) is 2.30. The smallest absolute Gasteiger partial charge is 0.127 e. The van der Waals surface area contributed by atoms with Crippen LogP contribution in [0.25, 0.3) is 0 Å². The largest absolute Gasteiger partial charge is 0.392 e. The molecule has 0 amide bonds. The highest BCUT2D eigenvalue weighted by Crippen LogP contribution is 2.08. The van der Waals surface area contributed by atoms with E-state index in [2.05, 4.69) is 0 Å². The molecule has 0 atom stereocenters. The average Bonchev–Trinajstić information content (AvgIpc) is 2.07. The zero-order chi connectivity index (χ0) is 10.6. The van der Waals surface area contributed by atoms with Crippen LogP contribution in [0.15, 0.2) is 24.3 Å². The molecule has 0 spiro atoms. The number of hydrogen-bond donors (Lipinski definition) is 1. The lowest BCUT2D eigenvalue weighted by Gasteiger charge is -2.15. The Bertz CT molecular complexity index is 328. The number of thiocarbonyl (C=S) groups is 1.